The van der Waals surface area contributed by atoms with Crippen molar-refractivity contribution >= 4 is 11.6 Å². The maximum atomic E-state index is 11.5. The molecule has 1 fully saturated rings. The predicted molar refractivity (Wildman–Crippen MR) is 73.5 cm³/mol. The number of amides is 1. The Hall–Kier alpha value is -1.66. The summed E-state index contributed by atoms with van der Waals surface area (Å²) in [4.78, 5) is 17.9. The topological polar surface area (TPSA) is 66.5 Å². The highest BCUT2D eigenvalue weighted by molar-refractivity contribution is 5.92. The first kappa shape index (κ1) is 13.8. The predicted octanol–water partition coefficient (Wildman–Crippen LogP) is -0.134. The zero-order valence-corrected chi connectivity index (χ0v) is 11.3. The SMILES string of the molecule is CNC(=O)c1ccc(N2CCNCC2COC)cn1. The molecular formula is C13H20N4O2. The van der Waals surface area contributed by atoms with Crippen molar-refractivity contribution in [3.05, 3.63) is 24.0 Å². The van der Waals surface area contributed by atoms with E-state index in [1.54, 1.807) is 26.4 Å². The van der Waals surface area contributed by atoms with Crippen LogP contribution in [0, 0.1) is 0 Å². The van der Waals surface area contributed by atoms with E-state index in [0.717, 1.165) is 25.3 Å². The fourth-order valence-corrected chi connectivity index (χ4v) is 2.26. The van der Waals surface area contributed by atoms with Crippen molar-refractivity contribution in [1.82, 2.24) is 15.6 Å². The zero-order valence-electron chi connectivity index (χ0n) is 11.3. The van der Waals surface area contributed by atoms with E-state index in [1.807, 2.05) is 6.07 Å². The molecule has 1 saturated heterocycles. The number of anilines is 1. The number of nitrogens with zero attached hydrogens (tertiary/aromatic N) is 2. The fraction of sp³-hybridized carbons (Fsp3) is 0.538. The number of pyridine rings is 1. The van der Waals surface area contributed by atoms with Crippen LogP contribution in [-0.2, 0) is 4.74 Å². The van der Waals surface area contributed by atoms with Gasteiger partial charge in [-0.3, -0.25) is 4.79 Å². The molecular weight excluding hydrogens is 244 g/mol. The van der Waals surface area contributed by atoms with Crippen LogP contribution in [0.2, 0.25) is 0 Å². The minimum atomic E-state index is -0.166. The standard InChI is InChI=1S/C13H20N4O2/c1-14-13(18)12-4-3-10(8-16-12)17-6-5-15-7-11(17)9-19-2/h3-4,8,11,15H,5-7,9H2,1-2H3,(H,14,18). The first-order chi connectivity index (χ1) is 9.26. The molecule has 1 amide bonds. The van der Waals surface area contributed by atoms with Gasteiger partial charge < -0.3 is 20.3 Å². The lowest BCUT2D eigenvalue weighted by Gasteiger charge is -2.37. The van der Waals surface area contributed by atoms with Gasteiger partial charge in [-0.05, 0) is 12.1 Å². The molecule has 0 aliphatic carbocycles. The van der Waals surface area contributed by atoms with Gasteiger partial charge in [0.15, 0.2) is 0 Å². The molecule has 0 bridgehead atoms. The summed E-state index contributed by atoms with van der Waals surface area (Å²) < 4.78 is 5.25. The lowest BCUT2D eigenvalue weighted by Crippen LogP contribution is -2.53. The third-order valence-electron chi connectivity index (χ3n) is 3.25. The molecule has 6 nitrogen and oxygen atoms in total. The van der Waals surface area contributed by atoms with E-state index in [2.05, 4.69) is 20.5 Å². The van der Waals surface area contributed by atoms with E-state index in [4.69, 9.17) is 4.74 Å². The van der Waals surface area contributed by atoms with Crippen molar-refractivity contribution in [2.24, 2.45) is 0 Å². The number of carbonyl (C=O) groups excluding carboxylic acids is 1. The van der Waals surface area contributed by atoms with Gasteiger partial charge in [-0.1, -0.05) is 0 Å². The van der Waals surface area contributed by atoms with Crippen LogP contribution in [0.1, 0.15) is 10.5 Å². The Morgan fingerprint density at radius 2 is 2.47 bits per heavy atom. The second-order valence-electron chi connectivity index (χ2n) is 4.49. The van der Waals surface area contributed by atoms with Crippen LogP contribution in [0.25, 0.3) is 0 Å². The first-order valence-corrected chi connectivity index (χ1v) is 6.40. The third kappa shape index (κ3) is 3.21. The second-order valence-corrected chi connectivity index (χ2v) is 4.49. The summed E-state index contributed by atoms with van der Waals surface area (Å²) >= 11 is 0. The van der Waals surface area contributed by atoms with Gasteiger partial charge in [0.2, 0.25) is 0 Å². The van der Waals surface area contributed by atoms with Crippen molar-refractivity contribution in [1.29, 1.82) is 0 Å². The lowest BCUT2D eigenvalue weighted by molar-refractivity contribution is 0.0958. The van der Waals surface area contributed by atoms with Crippen LogP contribution < -0.4 is 15.5 Å². The minimum absolute atomic E-state index is 0.166. The summed E-state index contributed by atoms with van der Waals surface area (Å²) in [5, 5.41) is 5.92. The highest BCUT2D eigenvalue weighted by Crippen LogP contribution is 2.17. The van der Waals surface area contributed by atoms with Gasteiger partial charge in [0.05, 0.1) is 24.5 Å². The number of rotatable bonds is 4. The summed E-state index contributed by atoms with van der Waals surface area (Å²) in [6, 6.07) is 3.98. The molecule has 1 aliphatic heterocycles. The van der Waals surface area contributed by atoms with Crippen LogP contribution in [0.15, 0.2) is 18.3 Å². The van der Waals surface area contributed by atoms with Crippen LogP contribution in [-0.4, -0.2) is 57.3 Å². The summed E-state index contributed by atoms with van der Waals surface area (Å²) in [5.74, 6) is -0.166. The van der Waals surface area contributed by atoms with Crippen LogP contribution in [0.3, 0.4) is 0 Å². The number of ether oxygens (including phenoxy) is 1. The molecule has 19 heavy (non-hydrogen) atoms. The molecule has 0 saturated carbocycles. The lowest BCUT2D eigenvalue weighted by atomic mass is 10.1. The Morgan fingerprint density at radius 3 is 3.11 bits per heavy atom. The average molecular weight is 264 g/mol. The zero-order chi connectivity index (χ0) is 13.7. The Labute approximate surface area is 113 Å². The molecule has 1 unspecified atom stereocenters. The van der Waals surface area contributed by atoms with Gasteiger partial charge in [0.1, 0.15) is 5.69 Å². The molecule has 1 aromatic heterocycles. The normalized spacial score (nSPS) is 19.3. The highest BCUT2D eigenvalue weighted by Gasteiger charge is 2.22. The molecule has 2 rings (SSSR count). The quantitative estimate of drug-likeness (QED) is 0.793. The minimum Gasteiger partial charge on any atom is -0.383 e. The van der Waals surface area contributed by atoms with Gasteiger partial charge in [-0.2, -0.15) is 0 Å². The van der Waals surface area contributed by atoms with Crippen LogP contribution in [0.5, 0.6) is 0 Å². The Kier molecular flexibility index (Phi) is 4.70. The molecule has 1 atom stereocenters. The molecule has 2 N–H and O–H groups in total. The summed E-state index contributed by atoms with van der Waals surface area (Å²) in [6.45, 7) is 3.42. The molecule has 6 heteroatoms. The van der Waals surface area contributed by atoms with Gasteiger partial charge >= 0.3 is 0 Å². The molecule has 2 heterocycles. The summed E-state index contributed by atoms with van der Waals surface area (Å²) in [6.07, 6.45) is 1.75. The highest BCUT2D eigenvalue weighted by atomic mass is 16.5. The molecule has 0 radical (unpaired) electrons. The van der Waals surface area contributed by atoms with Crippen molar-refractivity contribution in [2.75, 3.05) is 45.3 Å². The van der Waals surface area contributed by atoms with Gasteiger partial charge in [-0.15, -0.1) is 0 Å². The number of hydrogen-bond donors (Lipinski definition) is 2. The smallest absolute Gasteiger partial charge is 0.269 e. The average Bonchev–Trinajstić information content (AvgIpc) is 2.47. The van der Waals surface area contributed by atoms with Crippen molar-refractivity contribution in [3.8, 4) is 0 Å². The number of aromatic nitrogens is 1. The maximum absolute atomic E-state index is 11.5. The number of piperazine rings is 1. The molecule has 1 aromatic rings. The number of methoxy groups -OCH3 is 1. The van der Waals surface area contributed by atoms with Crippen molar-refractivity contribution in [2.45, 2.75) is 6.04 Å². The van der Waals surface area contributed by atoms with Gasteiger partial charge in [-0.25, -0.2) is 4.98 Å². The molecule has 0 aromatic carbocycles. The van der Waals surface area contributed by atoms with Crippen molar-refractivity contribution < 1.29 is 9.53 Å². The molecule has 0 spiro atoms. The van der Waals surface area contributed by atoms with E-state index in [-0.39, 0.29) is 5.91 Å². The van der Waals surface area contributed by atoms with Gasteiger partial charge in [0, 0.05) is 33.8 Å². The number of hydrogen-bond acceptors (Lipinski definition) is 5. The third-order valence-corrected chi connectivity index (χ3v) is 3.25. The van der Waals surface area contributed by atoms with E-state index in [9.17, 15) is 4.79 Å². The maximum Gasteiger partial charge on any atom is 0.269 e. The summed E-state index contributed by atoms with van der Waals surface area (Å²) in [7, 11) is 3.31. The first-order valence-electron chi connectivity index (χ1n) is 6.40. The fourth-order valence-electron chi connectivity index (χ4n) is 2.26. The van der Waals surface area contributed by atoms with Crippen molar-refractivity contribution in [3.63, 3.8) is 0 Å². The van der Waals surface area contributed by atoms with E-state index >= 15 is 0 Å². The molecule has 1 aliphatic rings. The van der Waals surface area contributed by atoms with Crippen LogP contribution in [0.4, 0.5) is 5.69 Å². The van der Waals surface area contributed by atoms with E-state index in [1.165, 1.54) is 0 Å². The Bertz CT molecular complexity index is 419. The Balaban J connectivity index is 2.13. The Morgan fingerprint density at radius 1 is 1.63 bits per heavy atom. The largest absolute Gasteiger partial charge is 0.383 e. The van der Waals surface area contributed by atoms with Crippen LogP contribution >= 0.6 is 0 Å². The second kappa shape index (κ2) is 6.49. The number of carbonyl (C=O) groups is 1. The van der Waals surface area contributed by atoms with E-state index < -0.39 is 0 Å². The van der Waals surface area contributed by atoms with Gasteiger partial charge in [0.25, 0.3) is 5.91 Å². The van der Waals surface area contributed by atoms with E-state index in [0.29, 0.717) is 18.3 Å². The molecule has 104 valence electrons. The number of nitrogens with one attached hydrogen (secondary N) is 2. The monoisotopic (exact) mass is 264 g/mol. The summed E-state index contributed by atoms with van der Waals surface area (Å²) in [5.41, 5.74) is 1.46.